The lowest BCUT2D eigenvalue weighted by molar-refractivity contribution is 0.0977. The average molecular weight is 437 g/mol. The second kappa shape index (κ2) is 9.54. The van der Waals surface area contributed by atoms with E-state index < -0.39 is 0 Å². The molecule has 0 saturated carbocycles. The zero-order valence-corrected chi connectivity index (χ0v) is 17.2. The number of para-hydroxylation sites is 2. The van der Waals surface area contributed by atoms with Crippen LogP contribution in [0.2, 0.25) is 0 Å². The number of thiocarbonyl (C=S) groups is 1. The number of hydrogen-bond acceptors (Lipinski definition) is 4. The van der Waals surface area contributed by atoms with Crippen LogP contribution in [0.1, 0.15) is 31.1 Å². The predicted molar refractivity (Wildman–Crippen MR) is 111 cm³/mol. The number of nitrogens with one attached hydrogen (secondary N) is 2. The number of amides is 1. The van der Waals surface area contributed by atoms with Crippen molar-refractivity contribution in [2.75, 3.05) is 11.9 Å². The number of ether oxygens (including phenoxy) is 2. The van der Waals surface area contributed by atoms with Gasteiger partial charge in [0.05, 0.1) is 22.9 Å². The summed E-state index contributed by atoms with van der Waals surface area (Å²) in [5.41, 5.74) is 1.16. The van der Waals surface area contributed by atoms with Crippen LogP contribution in [0.3, 0.4) is 0 Å². The molecule has 26 heavy (non-hydrogen) atoms. The van der Waals surface area contributed by atoms with Crippen LogP contribution in [0, 0.1) is 0 Å². The quantitative estimate of drug-likeness (QED) is 0.639. The van der Waals surface area contributed by atoms with Gasteiger partial charge in [0.2, 0.25) is 0 Å². The summed E-state index contributed by atoms with van der Waals surface area (Å²) in [7, 11) is 0. The van der Waals surface area contributed by atoms with Crippen LogP contribution in [0.5, 0.6) is 11.5 Å². The monoisotopic (exact) mass is 436 g/mol. The fourth-order valence-electron chi connectivity index (χ4n) is 2.17. The first-order valence-electron chi connectivity index (χ1n) is 8.21. The molecular weight excluding hydrogens is 416 g/mol. The van der Waals surface area contributed by atoms with Crippen molar-refractivity contribution in [1.29, 1.82) is 0 Å². The van der Waals surface area contributed by atoms with Gasteiger partial charge in [0.15, 0.2) is 5.11 Å². The van der Waals surface area contributed by atoms with E-state index in [0.29, 0.717) is 33.8 Å². The van der Waals surface area contributed by atoms with Gasteiger partial charge in [-0.2, -0.15) is 0 Å². The van der Waals surface area contributed by atoms with Crippen LogP contribution in [-0.2, 0) is 0 Å². The average Bonchev–Trinajstić information content (AvgIpc) is 2.58. The molecule has 0 aliphatic carbocycles. The third-order valence-corrected chi connectivity index (χ3v) is 4.04. The first-order chi connectivity index (χ1) is 12.4. The summed E-state index contributed by atoms with van der Waals surface area (Å²) in [5.74, 6) is 1.04. The zero-order chi connectivity index (χ0) is 19.1. The van der Waals surface area contributed by atoms with E-state index in [1.54, 1.807) is 18.2 Å². The van der Waals surface area contributed by atoms with E-state index in [2.05, 4.69) is 26.6 Å². The third kappa shape index (κ3) is 5.71. The molecule has 0 aromatic heterocycles. The van der Waals surface area contributed by atoms with Crippen molar-refractivity contribution < 1.29 is 14.3 Å². The van der Waals surface area contributed by atoms with Gasteiger partial charge in [-0.3, -0.25) is 10.1 Å². The van der Waals surface area contributed by atoms with Crippen molar-refractivity contribution in [2.45, 2.75) is 26.9 Å². The van der Waals surface area contributed by atoms with Crippen molar-refractivity contribution in [3.05, 3.63) is 52.5 Å². The molecule has 138 valence electrons. The van der Waals surface area contributed by atoms with E-state index in [9.17, 15) is 4.79 Å². The van der Waals surface area contributed by atoms with Crippen molar-refractivity contribution in [2.24, 2.45) is 0 Å². The van der Waals surface area contributed by atoms with E-state index in [1.165, 1.54) is 0 Å². The number of hydrogen-bond donors (Lipinski definition) is 2. The maximum atomic E-state index is 12.4. The Labute approximate surface area is 167 Å². The Balaban J connectivity index is 2.03. The summed E-state index contributed by atoms with van der Waals surface area (Å²) >= 11 is 8.66. The molecule has 0 heterocycles. The predicted octanol–water partition coefficient (Wildman–Crippen LogP) is 4.76. The van der Waals surface area contributed by atoms with Gasteiger partial charge in [-0.1, -0.05) is 12.1 Å². The van der Waals surface area contributed by atoms with Crippen LogP contribution in [0.15, 0.2) is 46.9 Å². The number of benzene rings is 2. The highest BCUT2D eigenvalue weighted by Gasteiger charge is 2.12. The van der Waals surface area contributed by atoms with E-state index in [-0.39, 0.29) is 17.1 Å². The van der Waals surface area contributed by atoms with Crippen molar-refractivity contribution >= 4 is 44.9 Å². The normalized spacial score (nSPS) is 10.3. The Bertz CT molecular complexity index is 796. The number of halogens is 1. The molecule has 0 saturated heterocycles. The molecular formula is C19H21BrN2O3S. The number of carbonyl (C=O) groups is 1. The Morgan fingerprint density at radius 2 is 1.92 bits per heavy atom. The molecule has 2 aromatic carbocycles. The Kier molecular flexibility index (Phi) is 7.41. The SMILES string of the molecule is CCOc1ccccc1NC(=S)NC(=O)c1ccc(OC(C)C)c(Br)c1. The molecule has 0 fully saturated rings. The lowest BCUT2D eigenvalue weighted by Gasteiger charge is -2.14. The lowest BCUT2D eigenvalue weighted by atomic mass is 10.2. The molecule has 5 nitrogen and oxygen atoms in total. The molecule has 7 heteroatoms. The highest BCUT2D eigenvalue weighted by atomic mass is 79.9. The molecule has 2 N–H and O–H groups in total. The van der Waals surface area contributed by atoms with Crippen LogP contribution in [-0.4, -0.2) is 23.7 Å². The van der Waals surface area contributed by atoms with Crippen molar-refractivity contribution in [3.8, 4) is 11.5 Å². The minimum Gasteiger partial charge on any atom is -0.492 e. The number of rotatable bonds is 6. The minimum absolute atomic E-state index is 0.0492. The van der Waals surface area contributed by atoms with Crippen LogP contribution < -0.4 is 20.1 Å². The molecule has 0 unspecified atom stereocenters. The maximum Gasteiger partial charge on any atom is 0.257 e. The largest absolute Gasteiger partial charge is 0.492 e. The summed E-state index contributed by atoms with van der Waals surface area (Å²) in [6, 6.07) is 12.5. The van der Waals surface area contributed by atoms with Gasteiger partial charge in [0, 0.05) is 5.56 Å². The number of anilines is 1. The van der Waals surface area contributed by atoms with Crippen LogP contribution >= 0.6 is 28.1 Å². The molecule has 0 radical (unpaired) electrons. The van der Waals surface area contributed by atoms with Gasteiger partial charge in [-0.25, -0.2) is 0 Å². The van der Waals surface area contributed by atoms with Crippen molar-refractivity contribution in [3.63, 3.8) is 0 Å². The third-order valence-electron chi connectivity index (χ3n) is 3.22. The fourth-order valence-corrected chi connectivity index (χ4v) is 2.85. The zero-order valence-electron chi connectivity index (χ0n) is 14.8. The van der Waals surface area contributed by atoms with Crippen LogP contribution in [0.4, 0.5) is 5.69 Å². The van der Waals surface area contributed by atoms with Gasteiger partial charge >= 0.3 is 0 Å². The van der Waals surface area contributed by atoms with Crippen LogP contribution in [0.25, 0.3) is 0 Å². The first kappa shape index (κ1) is 20.2. The van der Waals surface area contributed by atoms with Gasteiger partial charge in [0.25, 0.3) is 5.91 Å². The lowest BCUT2D eigenvalue weighted by Crippen LogP contribution is -2.34. The molecule has 0 bridgehead atoms. The summed E-state index contributed by atoms with van der Waals surface area (Å²) < 4.78 is 11.9. The summed E-state index contributed by atoms with van der Waals surface area (Å²) in [6.45, 7) is 6.33. The van der Waals surface area contributed by atoms with E-state index in [4.69, 9.17) is 21.7 Å². The van der Waals surface area contributed by atoms with E-state index in [0.717, 1.165) is 0 Å². The highest BCUT2D eigenvalue weighted by Crippen LogP contribution is 2.27. The molecule has 2 rings (SSSR count). The molecule has 0 aliphatic heterocycles. The topological polar surface area (TPSA) is 59.6 Å². The summed E-state index contributed by atoms with van der Waals surface area (Å²) in [6.07, 6.45) is 0.0492. The minimum atomic E-state index is -0.312. The van der Waals surface area contributed by atoms with E-state index >= 15 is 0 Å². The standard InChI is InChI=1S/C19H21BrN2O3S/c1-4-24-17-8-6-5-7-15(17)21-19(26)22-18(23)13-9-10-16(14(20)11-13)25-12(2)3/h5-12H,4H2,1-3H3,(H2,21,22,23,26). The second-order valence-corrected chi connectivity index (χ2v) is 6.91. The Morgan fingerprint density at radius 1 is 1.19 bits per heavy atom. The van der Waals surface area contributed by atoms with Gasteiger partial charge < -0.3 is 14.8 Å². The highest BCUT2D eigenvalue weighted by molar-refractivity contribution is 9.10. The molecule has 0 spiro atoms. The van der Waals surface area contributed by atoms with Gasteiger partial charge in [-0.05, 0) is 79.3 Å². The Hall–Kier alpha value is -2.12. The number of carbonyl (C=O) groups excluding carboxylic acids is 1. The van der Waals surface area contributed by atoms with Gasteiger partial charge in [0.1, 0.15) is 11.5 Å². The van der Waals surface area contributed by atoms with E-state index in [1.807, 2.05) is 45.0 Å². The summed E-state index contributed by atoms with van der Waals surface area (Å²) in [5, 5.41) is 5.85. The van der Waals surface area contributed by atoms with Gasteiger partial charge in [-0.15, -0.1) is 0 Å². The maximum absolute atomic E-state index is 12.4. The molecule has 1 amide bonds. The molecule has 0 aliphatic rings. The smallest absolute Gasteiger partial charge is 0.257 e. The van der Waals surface area contributed by atoms with Crippen molar-refractivity contribution in [1.82, 2.24) is 5.32 Å². The fraction of sp³-hybridized carbons (Fsp3) is 0.263. The second-order valence-electron chi connectivity index (χ2n) is 5.65. The molecule has 0 atom stereocenters. The molecule has 2 aromatic rings. The Morgan fingerprint density at radius 3 is 2.58 bits per heavy atom. The summed E-state index contributed by atoms with van der Waals surface area (Å²) in [4.78, 5) is 12.4. The first-order valence-corrected chi connectivity index (χ1v) is 9.41.